The molecular formula is C23H19ClN2O5S3. The number of ether oxygens (including phenoxy) is 1. The Kier molecular flexibility index (Phi) is 7.04. The molecule has 0 aliphatic rings. The molecule has 4 aromatic rings. The molecule has 7 nitrogen and oxygen atoms in total. The number of carbonyl (C=O) groups excluding carboxylic acids is 1. The molecule has 0 atom stereocenters. The van der Waals surface area contributed by atoms with Gasteiger partial charge in [-0.2, -0.15) is 0 Å². The Morgan fingerprint density at radius 2 is 1.91 bits per heavy atom. The maximum absolute atomic E-state index is 12.9. The summed E-state index contributed by atoms with van der Waals surface area (Å²) in [5.41, 5.74) is 1.55. The highest BCUT2D eigenvalue weighted by molar-refractivity contribution is 7.90. The van der Waals surface area contributed by atoms with Gasteiger partial charge in [0.1, 0.15) is 5.01 Å². The van der Waals surface area contributed by atoms with Crippen molar-refractivity contribution in [3.8, 4) is 21.1 Å². The number of nitrogens with zero attached hydrogens (tertiary/aromatic N) is 1. The third-order valence-corrected chi connectivity index (χ3v) is 8.86. The van der Waals surface area contributed by atoms with Crippen LogP contribution in [0.3, 0.4) is 0 Å². The average molecular weight is 535 g/mol. The molecule has 0 aliphatic heterocycles. The Hall–Kier alpha value is -2.79. The number of sulfone groups is 1. The molecule has 4 rings (SSSR count). The van der Waals surface area contributed by atoms with Gasteiger partial charge in [-0.15, -0.1) is 22.7 Å². The first-order valence-electron chi connectivity index (χ1n) is 10.1. The first kappa shape index (κ1) is 24.3. The van der Waals surface area contributed by atoms with Crippen molar-refractivity contribution in [2.24, 2.45) is 0 Å². The highest BCUT2D eigenvalue weighted by atomic mass is 35.5. The first-order valence-corrected chi connectivity index (χ1v) is 13.9. The van der Waals surface area contributed by atoms with E-state index in [1.165, 1.54) is 40.9 Å². The van der Waals surface area contributed by atoms with Crippen LogP contribution >= 0.6 is 34.3 Å². The maximum Gasteiger partial charge on any atom is 0.339 e. The molecule has 1 aromatic carbocycles. The quantitative estimate of drug-likeness (QED) is 0.321. The van der Waals surface area contributed by atoms with Crippen LogP contribution in [0.4, 0.5) is 0 Å². The lowest BCUT2D eigenvalue weighted by atomic mass is 10.1. The molecule has 0 bridgehead atoms. The van der Waals surface area contributed by atoms with Crippen molar-refractivity contribution >= 4 is 50.1 Å². The Balaban J connectivity index is 1.67. The van der Waals surface area contributed by atoms with Gasteiger partial charge in [-0.1, -0.05) is 11.6 Å². The number of thiophene rings is 1. The summed E-state index contributed by atoms with van der Waals surface area (Å²) in [4.78, 5) is 33.0. The van der Waals surface area contributed by atoms with E-state index < -0.39 is 15.8 Å². The van der Waals surface area contributed by atoms with E-state index in [4.69, 9.17) is 16.3 Å². The molecule has 3 aromatic heterocycles. The number of rotatable bonds is 7. The molecule has 0 saturated heterocycles. The Morgan fingerprint density at radius 1 is 1.18 bits per heavy atom. The third-order valence-electron chi connectivity index (χ3n) is 4.97. The number of halogens is 1. The normalized spacial score (nSPS) is 11.5. The number of pyridine rings is 1. The Bertz CT molecular complexity index is 1520. The molecule has 11 heteroatoms. The number of hydrogen-bond donors (Lipinski definition) is 1. The molecular weight excluding hydrogens is 516 g/mol. The molecule has 34 heavy (non-hydrogen) atoms. The van der Waals surface area contributed by atoms with E-state index in [0.29, 0.717) is 31.9 Å². The van der Waals surface area contributed by atoms with Gasteiger partial charge in [0.05, 0.1) is 39.0 Å². The lowest BCUT2D eigenvalue weighted by molar-refractivity contribution is 0.0525. The predicted molar refractivity (Wildman–Crippen MR) is 135 cm³/mol. The van der Waals surface area contributed by atoms with Crippen LogP contribution in [0.25, 0.3) is 21.1 Å². The molecule has 3 heterocycles. The van der Waals surface area contributed by atoms with Crippen LogP contribution in [0.15, 0.2) is 56.8 Å². The zero-order valence-electron chi connectivity index (χ0n) is 18.1. The van der Waals surface area contributed by atoms with Crippen molar-refractivity contribution in [1.29, 1.82) is 0 Å². The Labute approximate surface area is 209 Å². The summed E-state index contributed by atoms with van der Waals surface area (Å²) in [7, 11) is -3.59. The van der Waals surface area contributed by atoms with Gasteiger partial charge in [0, 0.05) is 16.1 Å². The number of thiazole rings is 1. The third kappa shape index (κ3) is 5.00. The smallest absolute Gasteiger partial charge is 0.339 e. The van der Waals surface area contributed by atoms with Gasteiger partial charge < -0.3 is 9.72 Å². The van der Waals surface area contributed by atoms with E-state index in [1.807, 2.05) is 0 Å². The first-order chi connectivity index (χ1) is 16.2. The number of H-pyrrole nitrogens is 1. The fourth-order valence-corrected chi connectivity index (χ4v) is 6.77. The summed E-state index contributed by atoms with van der Waals surface area (Å²) in [6.45, 7) is 3.55. The summed E-state index contributed by atoms with van der Waals surface area (Å²) >= 11 is 8.54. The number of benzene rings is 1. The van der Waals surface area contributed by atoms with Gasteiger partial charge in [-0.05, 0) is 61.2 Å². The number of aromatic nitrogens is 2. The molecule has 0 amide bonds. The van der Waals surface area contributed by atoms with Crippen LogP contribution in [0.5, 0.6) is 0 Å². The zero-order valence-corrected chi connectivity index (χ0v) is 21.3. The van der Waals surface area contributed by atoms with Gasteiger partial charge in [-0.25, -0.2) is 18.2 Å². The lowest BCUT2D eigenvalue weighted by Crippen LogP contribution is -2.16. The monoisotopic (exact) mass is 534 g/mol. The summed E-state index contributed by atoms with van der Waals surface area (Å²) in [6, 6.07) is 9.28. The number of aryl methyl sites for hydroxylation is 1. The predicted octanol–water partition coefficient (Wildman–Crippen LogP) is 5.34. The van der Waals surface area contributed by atoms with Crippen molar-refractivity contribution in [2.75, 3.05) is 6.61 Å². The minimum absolute atomic E-state index is 0.187. The van der Waals surface area contributed by atoms with E-state index >= 15 is 0 Å². The number of carbonyl (C=O) groups is 1. The highest BCUT2D eigenvalue weighted by Gasteiger charge is 2.22. The highest BCUT2D eigenvalue weighted by Crippen LogP contribution is 2.36. The van der Waals surface area contributed by atoms with Gasteiger partial charge in [0.25, 0.3) is 5.56 Å². The minimum Gasteiger partial charge on any atom is -0.462 e. The number of esters is 1. The molecule has 0 spiro atoms. The van der Waals surface area contributed by atoms with Crippen molar-refractivity contribution < 1.29 is 17.9 Å². The molecule has 0 fully saturated rings. The second kappa shape index (κ2) is 9.83. The van der Waals surface area contributed by atoms with Crippen molar-refractivity contribution in [3.63, 3.8) is 0 Å². The average Bonchev–Trinajstić information content (AvgIpc) is 3.43. The molecule has 0 radical (unpaired) electrons. The fraction of sp³-hybridized carbons (Fsp3) is 0.174. The number of hydrogen-bond acceptors (Lipinski definition) is 8. The molecule has 0 aliphatic carbocycles. The van der Waals surface area contributed by atoms with Crippen LogP contribution in [-0.2, 0) is 20.3 Å². The molecule has 1 N–H and O–H groups in total. The molecule has 0 unspecified atom stereocenters. The second-order valence-corrected chi connectivity index (χ2v) is 11.5. The fourth-order valence-electron chi connectivity index (χ4n) is 3.30. The topological polar surface area (TPSA) is 106 Å². The van der Waals surface area contributed by atoms with E-state index in [-0.39, 0.29) is 33.9 Å². The van der Waals surface area contributed by atoms with Crippen molar-refractivity contribution in [2.45, 2.75) is 24.5 Å². The summed E-state index contributed by atoms with van der Waals surface area (Å²) in [5, 5.41) is 4.56. The van der Waals surface area contributed by atoms with E-state index in [1.54, 1.807) is 42.8 Å². The number of aromatic amines is 1. The summed E-state index contributed by atoms with van der Waals surface area (Å²) < 4.78 is 30.9. The van der Waals surface area contributed by atoms with E-state index in [0.717, 1.165) is 0 Å². The SMILES string of the molecule is CCOC(=O)c1cc(-c2csc(-c3sccc3CS(=O)(=O)c3ccc(Cl)cc3)n2)c(=O)[nH]c1C. The zero-order chi connectivity index (χ0) is 24.5. The largest absolute Gasteiger partial charge is 0.462 e. The van der Waals surface area contributed by atoms with Gasteiger partial charge >= 0.3 is 5.97 Å². The maximum atomic E-state index is 12.9. The van der Waals surface area contributed by atoms with Gasteiger partial charge in [0.15, 0.2) is 9.84 Å². The molecule has 0 saturated carbocycles. The van der Waals surface area contributed by atoms with Gasteiger partial charge in [0.2, 0.25) is 0 Å². The van der Waals surface area contributed by atoms with Gasteiger partial charge in [-0.3, -0.25) is 4.79 Å². The summed E-state index contributed by atoms with van der Waals surface area (Å²) in [5.74, 6) is -0.721. The van der Waals surface area contributed by atoms with E-state index in [2.05, 4.69) is 9.97 Å². The van der Waals surface area contributed by atoms with Crippen LogP contribution in [0.2, 0.25) is 5.02 Å². The van der Waals surface area contributed by atoms with Crippen LogP contribution in [0.1, 0.15) is 28.5 Å². The Morgan fingerprint density at radius 3 is 2.62 bits per heavy atom. The van der Waals surface area contributed by atoms with Crippen LogP contribution in [0, 0.1) is 6.92 Å². The summed E-state index contributed by atoms with van der Waals surface area (Å²) in [6.07, 6.45) is 0. The molecule has 176 valence electrons. The minimum atomic E-state index is -3.59. The van der Waals surface area contributed by atoms with Crippen molar-refractivity contribution in [1.82, 2.24) is 9.97 Å². The van der Waals surface area contributed by atoms with Crippen LogP contribution in [-0.4, -0.2) is 31.0 Å². The number of nitrogens with one attached hydrogen (secondary N) is 1. The van der Waals surface area contributed by atoms with Crippen molar-refractivity contribution in [3.05, 3.63) is 79.4 Å². The van der Waals surface area contributed by atoms with E-state index in [9.17, 15) is 18.0 Å². The standard InChI is InChI=1S/C23H19ClN2O5S3/c1-3-31-23(28)17-10-18(21(27)25-13(17)2)19-11-33-22(26-19)20-14(8-9-32-20)12-34(29,30)16-6-4-15(24)5-7-16/h4-11H,3,12H2,1-2H3,(H,25,27). The lowest BCUT2D eigenvalue weighted by Gasteiger charge is -2.07. The van der Waals surface area contributed by atoms with Crippen LogP contribution < -0.4 is 5.56 Å². The second-order valence-electron chi connectivity index (χ2n) is 7.30.